The molecule has 39 heavy (non-hydrogen) atoms. The average molecular weight is 552 g/mol. The third-order valence-corrected chi connectivity index (χ3v) is 8.61. The van der Waals surface area contributed by atoms with Gasteiger partial charge in [0.15, 0.2) is 5.65 Å². The van der Waals surface area contributed by atoms with Gasteiger partial charge in [0.2, 0.25) is 5.82 Å². The molecule has 0 spiro atoms. The van der Waals surface area contributed by atoms with Crippen LogP contribution in [-0.2, 0) is 11.3 Å². The normalized spacial score (nSPS) is 21.4. The van der Waals surface area contributed by atoms with Gasteiger partial charge < -0.3 is 13.7 Å². The second-order valence-electron chi connectivity index (χ2n) is 11.1. The van der Waals surface area contributed by atoms with Crippen molar-refractivity contribution < 1.29 is 9.15 Å². The summed E-state index contributed by atoms with van der Waals surface area (Å²) in [5.74, 6) is 2.06. The summed E-state index contributed by atoms with van der Waals surface area (Å²) in [6.07, 6.45) is 13.9. The number of H-pyrrole nitrogens is 1. The molecule has 6 rings (SSSR count). The minimum Gasteiger partial charge on any atom is -0.384 e. The second kappa shape index (κ2) is 11.2. The Bertz CT molecular complexity index is 1500. The first-order chi connectivity index (χ1) is 19.0. The fourth-order valence-corrected chi connectivity index (χ4v) is 6.51. The van der Waals surface area contributed by atoms with Gasteiger partial charge >= 0.3 is 5.76 Å². The van der Waals surface area contributed by atoms with E-state index in [9.17, 15) is 4.79 Å². The number of halogens is 1. The number of aromatic amines is 1. The van der Waals surface area contributed by atoms with E-state index in [-0.39, 0.29) is 17.8 Å². The first-order valence-electron chi connectivity index (χ1n) is 14.0. The van der Waals surface area contributed by atoms with Crippen molar-refractivity contribution >= 4 is 22.8 Å². The minimum absolute atomic E-state index is 0.00563. The van der Waals surface area contributed by atoms with Gasteiger partial charge in [-0.25, -0.2) is 24.8 Å². The molecule has 0 amide bonds. The predicted octanol–water partition coefficient (Wildman–Crippen LogP) is 5.98. The van der Waals surface area contributed by atoms with Crippen LogP contribution in [0.5, 0.6) is 0 Å². The molecule has 4 heterocycles. The molecule has 0 saturated heterocycles. The largest absolute Gasteiger partial charge is 0.434 e. The smallest absolute Gasteiger partial charge is 0.384 e. The molecule has 1 N–H and O–H groups in total. The molecule has 0 aliphatic heterocycles. The lowest BCUT2D eigenvalue weighted by Crippen LogP contribution is -2.24. The summed E-state index contributed by atoms with van der Waals surface area (Å²) in [7, 11) is 1.78. The van der Waals surface area contributed by atoms with Crippen LogP contribution in [0.2, 0.25) is 5.02 Å². The molecule has 0 aromatic carbocycles. The highest BCUT2D eigenvalue weighted by atomic mass is 35.5. The third kappa shape index (κ3) is 5.36. The Kier molecular flexibility index (Phi) is 7.49. The molecular weight excluding hydrogens is 518 g/mol. The van der Waals surface area contributed by atoms with E-state index in [1.54, 1.807) is 19.5 Å². The van der Waals surface area contributed by atoms with Crippen LogP contribution in [0.1, 0.15) is 76.6 Å². The summed E-state index contributed by atoms with van der Waals surface area (Å²) in [6.45, 7) is 3.15. The van der Waals surface area contributed by atoms with Crippen LogP contribution >= 0.6 is 11.6 Å². The number of fused-ring (bicyclic) bond motifs is 1. The number of nitrogens with zero attached hydrogens (tertiary/aromatic N) is 6. The molecule has 2 saturated carbocycles. The van der Waals surface area contributed by atoms with Gasteiger partial charge in [-0.15, -0.1) is 5.10 Å². The van der Waals surface area contributed by atoms with E-state index in [1.807, 2.05) is 6.07 Å². The zero-order valence-electron chi connectivity index (χ0n) is 22.4. The number of aromatic nitrogens is 7. The van der Waals surface area contributed by atoms with Crippen molar-refractivity contribution in [3.63, 3.8) is 0 Å². The molecule has 4 aromatic rings. The van der Waals surface area contributed by atoms with Gasteiger partial charge in [-0.2, -0.15) is 0 Å². The van der Waals surface area contributed by atoms with Gasteiger partial charge in [0.05, 0.1) is 5.02 Å². The van der Waals surface area contributed by atoms with Crippen LogP contribution in [0.15, 0.2) is 27.7 Å². The van der Waals surface area contributed by atoms with Crippen molar-refractivity contribution in [2.24, 2.45) is 17.8 Å². The van der Waals surface area contributed by atoms with Crippen molar-refractivity contribution in [3.05, 3.63) is 39.9 Å². The molecular formula is C28H34ClN7O3. The summed E-state index contributed by atoms with van der Waals surface area (Å²) in [5.41, 5.74) is 2.67. The molecule has 2 aliphatic carbocycles. The Hall–Kier alpha value is -3.11. The topological polar surface area (TPSA) is 125 Å². The van der Waals surface area contributed by atoms with Gasteiger partial charge in [0.1, 0.15) is 23.1 Å². The van der Waals surface area contributed by atoms with Gasteiger partial charge in [-0.3, -0.25) is 4.98 Å². The number of hydrogen-bond donors (Lipinski definition) is 1. The Morgan fingerprint density at radius 1 is 1.10 bits per heavy atom. The summed E-state index contributed by atoms with van der Waals surface area (Å²) < 4.78 is 13.7. The molecule has 4 aromatic heterocycles. The maximum absolute atomic E-state index is 11.7. The zero-order valence-corrected chi connectivity index (χ0v) is 23.2. The summed E-state index contributed by atoms with van der Waals surface area (Å²) in [6, 6.07) is 1.83. The number of pyridine rings is 1. The van der Waals surface area contributed by atoms with E-state index in [1.165, 1.54) is 44.9 Å². The maximum Gasteiger partial charge on any atom is 0.434 e. The molecule has 1 unspecified atom stereocenters. The highest BCUT2D eigenvalue weighted by Crippen LogP contribution is 2.40. The number of methoxy groups -OCH3 is 1. The number of rotatable bonds is 7. The third-order valence-electron chi connectivity index (χ3n) is 8.40. The molecule has 2 fully saturated rings. The van der Waals surface area contributed by atoms with Gasteiger partial charge in [0, 0.05) is 31.6 Å². The summed E-state index contributed by atoms with van der Waals surface area (Å²) >= 11 is 6.37. The van der Waals surface area contributed by atoms with E-state index < -0.39 is 5.76 Å². The van der Waals surface area contributed by atoms with Crippen LogP contribution in [-0.4, -0.2) is 41.8 Å². The van der Waals surface area contributed by atoms with E-state index >= 15 is 0 Å². The van der Waals surface area contributed by atoms with Crippen molar-refractivity contribution in [2.45, 2.75) is 77.4 Å². The Morgan fingerprint density at radius 3 is 2.59 bits per heavy atom. The molecule has 1 atom stereocenters. The van der Waals surface area contributed by atoms with E-state index in [0.29, 0.717) is 28.2 Å². The van der Waals surface area contributed by atoms with Crippen LogP contribution in [0.3, 0.4) is 0 Å². The van der Waals surface area contributed by atoms with E-state index in [0.717, 1.165) is 42.2 Å². The number of nitrogens with one attached hydrogen (secondary N) is 1. The number of hydrogen-bond acceptors (Lipinski definition) is 8. The standard InChI is InChI=1S/C28H34ClN7O3/c1-16-8-10-17(11-9-16)15-36-22-21(19-12-20(29)14-30-13-19)31-25(27-34-35-28(37)39-27)32-24(22)33-26(36)23(38-2)18-6-4-3-5-7-18/h12-14,16-18,23H,3-11,15H2,1-2H3,(H,35,37)/t16-,17-,23?. The Balaban J connectivity index is 1.57. The van der Waals surface area contributed by atoms with Gasteiger partial charge in [0.25, 0.3) is 5.89 Å². The van der Waals surface area contributed by atoms with Gasteiger partial charge in [-0.1, -0.05) is 50.6 Å². The summed E-state index contributed by atoms with van der Waals surface area (Å²) in [4.78, 5) is 30.8. The molecule has 0 radical (unpaired) electrons. The first-order valence-corrected chi connectivity index (χ1v) is 14.4. The quantitative estimate of drug-likeness (QED) is 0.297. The van der Waals surface area contributed by atoms with E-state index in [2.05, 4.69) is 26.7 Å². The lowest BCUT2D eigenvalue weighted by atomic mass is 9.82. The Labute approximate surface area is 231 Å². The van der Waals surface area contributed by atoms with E-state index in [4.69, 9.17) is 35.7 Å². The SMILES string of the molecule is COC(c1nc2nc(-c3n[nH]c(=O)o3)nc(-c3cncc(Cl)c3)c2n1C[C@H]1CC[C@H](C)CC1)C1CCCCC1. The number of imidazole rings is 1. The fourth-order valence-electron chi connectivity index (χ4n) is 6.33. The monoisotopic (exact) mass is 551 g/mol. The molecule has 10 nitrogen and oxygen atoms in total. The van der Waals surface area contributed by atoms with Crippen LogP contribution in [0, 0.1) is 17.8 Å². The number of ether oxygens (including phenoxy) is 1. The lowest BCUT2D eigenvalue weighted by molar-refractivity contribution is 0.0259. The van der Waals surface area contributed by atoms with Crippen molar-refractivity contribution in [3.8, 4) is 23.0 Å². The molecule has 206 valence electrons. The van der Waals surface area contributed by atoms with Crippen LogP contribution in [0.4, 0.5) is 0 Å². The van der Waals surface area contributed by atoms with Crippen molar-refractivity contribution in [2.75, 3.05) is 7.11 Å². The molecule has 2 aliphatic rings. The fraction of sp³-hybridized carbons (Fsp3) is 0.571. The lowest BCUT2D eigenvalue weighted by Gasteiger charge is -2.31. The highest BCUT2D eigenvalue weighted by molar-refractivity contribution is 6.30. The Morgan fingerprint density at radius 2 is 1.90 bits per heavy atom. The molecule has 0 bridgehead atoms. The predicted molar refractivity (Wildman–Crippen MR) is 147 cm³/mol. The average Bonchev–Trinajstić information content (AvgIpc) is 3.54. The van der Waals surface area contributed by atoms with Crippen molar-refractivity contribution in [1.82, 2.24) is 34.7 Å². The summed E-state index contributed by atoms with van der Waals surface area (Å²) in [5, 5.41) is 6.76. The maximum atomic E-state index is 11.7. The highest BCUT2D eigenvalue weighted by Gasteiger charge is 2.33. The van der Waals surface area contributed by atoms with Crippen molar-refractivity contribution in [1.29, 1.82) is 0 Å². The van der Waals surface area contributed by atoms with Crippen LogP contribution in [0.25, 0.3) is 34.1 Å². The zero-order chi connectivity index (χ0) is 26.9. The molecule has 11 heteroatoms. The minimum atomic E-state index is -0.672. The van der Waals surface area contributed by atoms with Crippen LogP contribution < -0.4 is 5.76 Å². The second-order valence-corrected chi connectivity index (χ2v) is 11.6. The van der Waals surface area contributed by atoms with Gasteiger partial charge in [-0.05, 0) is 49.5 Å². The first kappa shape index (κ1) is 26.1.